The number of carbonyl (C=O) groups excluding carboxylic acids is 2. The molecule has 0 aliphatic carbocycles. The number of rotatable bonds is 3. The van der Waals surface area contributed by atoms with E-state index < -0.39 is 6.04 Å². The van der Waals surface area contributed by atoms with Crippen molar-refractivity contribution in [2.75, 3.05) is 20.6 Å². The number of H-pyrrole nitrogens is 1. The minimum Gasteiger partial charge on any atom is -0.361 e. The Morgan fingerprint density at radius 1 is 1.25 bits per heavy atom. The van der Waals surface area contributed by atoms with E-state index in [1.165, 1.54) is 0 Å². The van der Waals surface area contributed by atoms with E-state index in [2.05, 4.69) is 15.2 Å². The third kappa shape index (κ3) is 2.38. The van der Waals surface area contributed by atoms with Crippen LogP contribution in [-0.4, -0.2) is 65.4 Å². The topological polar surface area (TPSA) is 68.4 Å². The van der Waals surface area contributed by atoms with Crippen LogP contribution in [0.3, 0.4) is 0 Å². The van der Waals surface area contributed by atoms with Gasteiger partial charge in [0.1, 0.15) is 12.1 Å². The summed E-state index contributed by atoms with van der Waals surface area (Å²) in [6.45, 7) is 0.633. The van der Waals surface area contributed by atoms with Crippen LogP contribution in [0.15, 0.2) is 30.5 Å². The molecular formula is C18H22N4O2. The zero-order valence-corrected chi connectivity index (χ0v) is 14.0. The molecule has 0 radical (unpaired) electrons. The Morgan fingerprint density at radius 3 is 2.83 bits per heavy atom. The second-order valence-corrected chi connectivity index (χ2v) is 6.98. The van der Waals surface area contributed by atoms with Crippen molar-refractivity contribution in [3.8, 4) is 0 Å². The molecule has 1 aromatic heterocycles. The van der Waals surface area contributed by atoms with Crippen LogP contribution in [0.2, 0.25) is 0 Å². The number of para-hydroxylation sites is 1. The number of amides is 2. The number of hydrogen-bond acceptors (Lipinski definition) is 3. The first-order chi connectivity index (χ1) is 11.5. The lowest BCUT2D eigenvalue weighted by Crippen LogP contribution is -2.61. The summed E-state index contributed by atoms with van der Waals surface area (Å²) in [5.41, 5.74) is 2.11. The highest BCUT2D eigenvalue weighted by Crippen LogP contribution is 2.27. The summed E-state index contributed by atoms with van der Waals surface area (Å²) in [5.74, 6) is 0.0121. The number of piperazine rings is 1. The average molecular weight is 326 g/mol. The van der Waals surface area contributed by atoms with E-state index >= 15 is 0 Å². The maximum absolute atomic E-state index is 12.9. The van der Waals surface area contributed by atoms with Crippen molar-refractivity contribution in [1.82, 2.24) is 20.1 Å². The van der Waals surface area contributed by atoms with Crippen molar-refractivity contribution >= 4 is 22.7 Å². The molecule has 126 valence electrons. The molecule has 2 aromatic rings. The fraction of sp³-hybridized carbons (Fsp3) is 0.444. The van der Waals surface area contributed by atoms with Crippen LogP contribution in [0.4, 0.5) is 0 Å². The fourth-order valence-corrected chi connectivity index (χ4v) is 3.87. The van der Waals surface area contributed by atoms with E-state index in [9.17, 15) is 9.59 Å². The quantitative estimate of drug-likeness (QED) is 0.874. The second kappa shape index (κ2) is 5.63. The highest BCUT2D eigenvalue weighted by molar-refractivity contribution is 5.98. The summed E-state index contributed by atoms with van der Waals surface area (Å²) in [5, 5.41) is 4.04. The summed E-state index contributed by atoms with van der Waals surface area (Å²) in [6, 6.07) is 7.47. The molecule has 4 rings (SSSR count). The Labute approximate surface area is 140 Å². The van der Waals surface area contributed by atoms with Gasteiger partial charge in [-0.3, -0.25) is 9.59 Å². The van der Waals surface area contributed by atoms with Gasteiger partial charge in [0, 0.05) is 36.1 Å². The minimum absolute atomic E-state index is 0.0243. The van der Waals surface area contributed by atoms with Crippen LogP contribution in [-0.2, 0) is 16.0 Å². The van der Waals surface area contributed by atoms with E-state index in [4.69, 9.17) is 0 Å². The molecule has 2 aliphatic heterocycles. The number of carbonyl (C=O) groups is 2. The molecule has 3 heterocycles. The SMILES string of the molecule is CN(C)[C@@H]1C[C@H]2C(=O)N[C@@H](Cc3c[nH]c4ccccc34)C(=O)N2C1. The Bertz CT molecular complexity index is 797. The molecule has 0 saturated carbocycles. The predicted octanol–water partition coefficient (Wildman–Crippen LogP) is 0.740. The van der Waals surface area contributed by atoms with E-state index in [0.717, 1.165) is 16.5 Å². The standard InChI is InChI=1S/C18H22N4O2/c1-21(2)12-8-16-17(23)20-15(18(24)22(16)10-12)7-11-9-19-14-6-4-3-5-13(11)14/h3-6,9,12,15-16,19H,7-8,10H2,1-2H3,(H,20,23)/t12-,15+,16+/m1/s1. The molecule has 6 heteroatoms. The largest absolute Gasteiger partial charge is 0.361 e. The lowest BCUT2D eigenvalue weighted by atomic mass is 10.0. The van der Waals surface area contributed by atoms with Crippen LogP contribution in [0.5, 0.6) is 0 Å². The zero-order chi connectivity index (χ0) is 16.8. The number of aromatic amines is 1. The normalized spacial score (nSPS) is 27.0. The summed E-state index contributed by atoms with van der Waals surface area (Å²) in [4.78, 5) is 32.4. The maximum Gasteiger partial charge on any atom is 0.246 e. The van der Waals surface area contributed by atoms with Crippen molar-refractivity contribution in [1.29, 1.82) is 0 Å². The third-order valence-electron chi connectivity index (χ3n) is 5.31. The van der Waals surface area contributed by atoms with Gasteiger partial charge in [0.05, 0.1) is 0 Å². The summed E-state index contributed by atoms with van der Waals surface area (Å²) in [7, 11) is 3.99. The highest BCUT2D eigenvalue weighted by atomic mass is 16.2. The fourth-order valence-electron chi connectivity index (χ4n) is 3.87. The van der Waals surface area contributed by atoms with Gasteiger partial charge in [0.15, 0.2) is 0 Å². The van der Waals surface area contributed by atoms with Crippen LogP contribution in [0, 0.1) is 0 Å². The Balaban J connectivity index is 1.57. The van der Waals surface area contributed by atoms with Gasteiger partial charge in [-0.15, -0.1) is 0 Å². The maximum atomic E-state index is 12.9. The van der Waals surface area contributed by atoms with Gasteiger partial charge < -0.3 is 20.1 Å². The number of fused-ring (bicyclic) bond motifs is 2. The monoisotopic (exact) mass is 326 g/mol. The second-order valence-electron chi connectivity index (χ2n) is 6.98. The number of nitrogens with one attached hydrogen (secondary N) is 2. The van der Waals surface area contributed by atoms with Gasteiger partial charge in [0.2, 0.25) is 11.8 Å². The molecule has 2 aliphatic rings. The van der Waals surface area contributed by atoms with Crippen molar-refractivity contribution in [3.63, 3.8) is 0 Å². The van der Waals surface area contributed by atoms with Gasteiger partial charge in [-0.1, -0.05) is 18.2 Å². The molecule has 0 spiro atoms. The first-order valence-corrected chi connectivity index (χ1v) is 8.37. The number of hydrogen-bond donors (Lipinski definition) is 2. The van der Waals surface area contributed by atoms with Gasteiger partial charge in [-0.2, -0.15) is 0 Å². The van der Waals surface area contributed by atoms with Gasteiger partial charge in [-0.25, -0.2) is 0 Å². The van der Waals surface area contributed by atoms with Crippen molar-refractivity contribution in [3.05, 3.63) is 36.0 Å². The van der Waals surface area contributed by atoms with Crippen LogP contribution in [0.25, 0.3) is 10.9 Å². The van der Waals surface area contributed by atoms with Crippen molar-refractivity contribution in [2.45, 2.75) is 31.0 Å². The van der Waals surface area contributed by atoms with E-state index in [1.807, 2.05) is 44.6 Å². The number of benzene rings is 1. The van der Waals surface area contributed by atoms with Gasteiger partial charge >= 0.3 is 0 Å². The molecule has 2 N–H and O–H groups in total. The van der Waals surface area contributed by atoms with Crippen molar-refractivity contribution < 1.29 is 9.59 Å². The van der Waals surface area contributed by atoms with Crippen LogP contribution >= 0.6 is 0 Å². The smallest absolute Gasteiger partial charge is 0.246 e. The van der Waals surface area contributed by atoms with Crippen LogP contribution < -0.4 is 5.32 Å². The lowest BCUT2D eigenvalue weighted by molar-refractivity contribution is -0.147. The summed E-state index contributed by atoms with van der Waals surface area (Å²) < 4.78 is 0. The predicted molar refractivity (Wildman–Crippen MR) is 91.5 cm³/mol. The summed E-state index contributed by atoms with van der Waals surface area (Å²) >= 11 is 0. The Morgan fingerprint density at radius 2 is 2.04 bits per heavy atom. The number of nitrogens with zero attached hydrogens (tertiary/aromatic N) is 2. The molecule has 2 fully saturated rings. The van der Waals surface area contributed by atoms with Gasteiger partial charge in [-0.05, 0) is 32.1 Å². The van der Waals surface area contributed by atoms with Crippen molar-refractivity contribution in [2.24, 2.45) is 0 Å². The molecule has 6 nitrogen and oxygen atoms in total. The summed E-state index contributed by atoms with van der Waals surface area (Å²) in [6.07, 6.45) is 3.16. The first-order valence-electron chi connectivity index (χ1n) is 8.37. The molecule has 0 bridgehead atoms. The van der Waals surface area contributed by atoms with E-state index in [0.29, 0.717) is 19.4 Å². The minimum atomic E-state index is -0.478. The van der Waals surface area contributed by atoms with Gasteiger partial charge in [0.25, 0.3) is 0 Å². The molecular weight excluding hydrogens is 304 g/mol. The Kier molecular flexibility index (Phi) is 3.57. The molecule has 24 heavy (non-hydrogen) atoms. The highest BCUT2D eigenvalue weighted by Gasteiger charge is 2.46. The average Bonchev–Trinajstić information content (AvgIpc) is 3.18. The third-order valence-corrected chi connectivity index (χ3v) is 5.31. The molecule has 3 atom stereocenters. The first kappa shape index (κ1) is 15.2. The molecule has 0 unspecified atom stereocenters. The molecule has 2 amide bonds. The Hall–Kier alpha value is -2.34. The number of aromatic nitrogens is 1. The molecule has 1 aromatic carbocycles. The zero-order valence-electron chi connectivity index (χ0n) is 14.0. The van der Waals surface area contributed by atoms with E-state index in [-0.39, 0.29) is 23.9 Å². The number of likely N-dealkylation sites (N-methyl/N-ethyl adjacent to an activating group) is 1. The lowest BCUT2D eigenvalue weighted by Gasteiger charge is -2.34. The molecule has 2 saturated heterocycles. The van der Waals surface area contributed by atoms with Crippen LogP contribution in [0.1, 0.15) is 12.0 Å². The van der Waals surface area contributed by atoms with E-state index in [1.54, 1.807) is 4.90 Å².